The van der Waals surface area contributed by atoms with Gasteiger partial charge < -0.3 is 20.1 Å². The van der Waals surface area contributed by atoms with Crippen LogP contribution in [0.25, 0.3) is 22.3 Å². The molecule has 3 fully saturated rings. The second-order valence-corrected chi connectivity index (χ2v) is 13.7. The van der Waals surface area contributed by atoms with Crippen molar-refractivity contribution in [1.29, 1.82) is 5.26 Å². The van der Waals surface area contributed by atoms with Crippen LogP contribution in [0.2, 0.25) is 0 Å². The monoisotopic (exact) mass is 701 g/mol. The van der Waals surface area contributed by atoms with Gasteiger partial charge >= 0.3 is 0 Å². The van der Waals surface area contributed by atoms with Crippen molar-refractivity contribution >= 4 is 22.8 Å². The number of hydrogen-bond acceptors (Lipinski definition) is 10. The van der Waals surface area contributed by atoms with Crippen molar-refractivity contribution in [3.05, 3.63) is 72.3 Å². The van der Waals surface area contributed by atoms with Crippen LogP contribution in [-0.4, -0.2) is 110 Å². The first-order chi connectivity index (χ1) is 24.4. The number of amides is 1. The van der Waals surface area contributed by atoms with Gasteiger partial charge in [0.05, 0.1) is 37.2 Å². The fourth-order valence-electron chi connectivity index (χ4n) is 7.06. The smallest absolute Gasteiger partial charge is 0.267 e. The number of fused-ring (bicyclic) bond motifs is 1. The first kappa shape index (κ1) is 34.4. The van der Waals surface area contributed by atoms with E-state index in [1.165, 1.54) is 23.1 Å². The van der Waals surface area contributed by atoms with Crippen molar-refractivity contribution in [3.63, 3.8) is 0 Å². The van der Waals surface area contributed by atoms with Crippen LogP contribution in [0.5, 0.6) is 11.5 Å². The number of halogens is 3. The van der Waals surface area contributed by atoms with Crippen molar-refractivity contribution in [1.82, 2.24) is 34.4 Å². The van der Waals surface area contributed by atoms with Gasteiger partial charge in [0.15, 0.2) is 5.65 Å². The van der Waals surface area contributed by atoms with Crippen LogP contribution in [0.3, 0.4) is 0 Å². The highest BCUT2D eigenvalue weighted by atomic mass is 19.3. The third kappa shape index (κ3) is 6.99. The molecule has 0 radical (unpaired) electrons. The van der Waals surface area contributed by atoms with E-state index in [-0.39, 0.29) is 46.0 Å². The van der Waals surface area contributed by atoms with Gasteiger partial charge in [0.2, 0.25) is 0 Å². The Balaban J connectivity index is 1.15. The molecule has 1 atom stereocenters. The number of rotatable bonds is 8. The molecule has 2 N–H and O–H groups in total. The van der Waals surface area contributed by atoms with E-state index in [2.05, 4.69) is 24.9 Å². The number of carbonyl (C=O) groups is 1. The molecule has 0 saturated carbocycles. The standard InChI is InChI=1S/C36H38F3N9O3/c1-35(2,47-12-10-45(11-13-47)25-19-50-20-25)15-23(17-40)34(49)46-18-24(16-36(38,39)21-46)48-33-30(32(41)42-22-43-33)31(44-48)28-9-8-27(14-29(28)37)51-26-6-4-3-5-7-26/h3-9,14-15,22,24-25H,10-13,16,18-21H2,1-2H3,(H2,41,42,43)/b23-15+/t24-/m1/s1. The SMILES string of the molecule is CC(C)(/C=C(\C#N)C(=O)N1C[C@H](n2nc(-c3ccc(Oc4ccccc4)cc3F)c3c(N)ncnc32)CC(F)(F)C1)N1CCN(C2COC2)CC1. The zero-order chi connectivity index (χ0) is 35.9. The van der Waals surface area contributed by atoms with Crippen LogP contribution in [0.1, 0.15) is 26.3 Å². The maximum atomic E-state index is 15.7. The molecule has 5 heterocycles. The third-order valence-electron chi connectivity index (χ3n) is 9.83. The zero-order valence-electron chi connectivity index (χ0n) is 28.3. The number of nitrogens with two attached hydrogens (primary N) is 1. The van der Waals surface area contributed by atoms with Gasteiger partial charge in [-0.25, -0.2) is 27.8 Å². The van der Waals surface area contributed by atoms with E-state index in [0.717, 1.165) is 44.3 Å². The third-order valence-corrected chi connectivity index (χ3v) is 9.83. The summed E-state index contributed by atoms with van der Waals surface area (Å²) >= 11 is 0. The molecule has 4 aromatic rings. The molecular formula is C36H38F3N9O3. The number of piperazine rings is 1. The van der Waals surface area contributed by atoms with E-state index in [1.807, 2.05) is 26.0 Å². The van der Waals surface area contributed by atoms with E-state index in [4.69, 9.17) is 15.2 Å². The predicted octanol–water partition coefficient (Wildman–Crippen LogP) is 4.66. The Morgan fingerprint density at radius 3 is 2.49 bits per heavy atom. The second-order valence-electron chi connectivity index (χ2n) is 13.7. The van der Waals surface area contributed by atoms with E-state index >= 15 is 13.2 Å². The van der Waals surface area contributed by atoms with Crippen molar-refractivity contribution < 1.29 is 27.4 Å². The maximum absolute atomic E-state index is 15.7. The topological polar surface area (TPSA) is 139 Å². The van der Waals surface area contributed by atoms with E-state index in [9.17, 15) is 10.1 Å². The van der Waals surface area contributed by atoms with Crippen LogP contribution in [0.4, 0.5) is 19.0 Å². The van der Waals surface area contributed by atoms with E-state index in [0.29, 0.717) is 11.8 Å². The molecule has 15 heteroatoms. The minimum atomic E-state index is -3.32. The lowest BCUT2D eigenvalue weighted by Gasteiger charge is -2.46. The summed E-state index contributed by atoms with van der Waals surface area (Å²) in [4.78, 5) is 27.7. The summed E-state index contributed by atoms with van der Waals surface area (Å²) < 4.78 is 59.0. The number of anilines is 1. The lowest BCUT2D eigenvalue weighted by atomic mass is 9.96. The summed E-state index contributed by atoms with van der Waals surface area (Å²) in [6, 6.07) is 14.4. The molecule has 3 aliphatic heterocycles. The van der Waals surface area contributed by atoms with Crippen LogP contribution in [0, 0.1) is 17.1 Å². The highest BCUT2D eigenvalue weighted by Gasteiger charge is 2.45. The molecule has 0 aliphatic carbocycles. The summed E-state index contributed by atoms with van der Waals surface area (Å²) in [5, 5.41) is 14.9. The molecule has 1 amide bonds. The Morgan fingerprint density at radius 2 is 1.82 bits per heavy atom. The zero-order valence-corrected chi connectivity index (χ0v) is 28.3. The maximum Gasteiger partial charge on any atom is 0.267 e. The van der Waals surface area contributed by atoms with Gasteiger partial charge in [-0.05, 0) is 44.2 Å². The Hall–Kier alpha value is -5.04. The number of nitriles is 1. The first-order valence-electron chi connectivity index (χ1n) is 16.8. The molecule has 0 spiro atoms. The van der Waals surface area contributed by atoms with Gasteiger partial charge in [-0.1, -0.05) is 18.2 Å². The molecule has 7 rings (SSSR count). The van der Waals surface area contributed by atoms with Gasteiger partial charge in [0.25, 0.3) is 11.8 Å². The largest absolute Gasteiger partial charge is 0.457 e. The van der Waals surface area contributed by atoms with Crippen LogP contribution in [0.15, 0.2) is 66.5 Å². The lowest BCUT2D eigenvalue weighted by molar-refractivity contribution is -0.140. The van der Waals surface area contributed by atoms with Crippen molar-refractivity contribution in [3.8, 4) is 28.8 Å². The molecule has 3 saturated heterocycles. The molecule has 0 unspecified atom stereocenters. The number of hydrogen-bond donors (Lipinski definition) is 1. The number of alkyl halides is 2. The number of nitrogen functional groups attached to an aromatic ring is 1. The van der Waals surface area contributed by atoms with Gasteiger partial charge in [-0.15, -0.1) is 0 Å². The summed E-state index contributed by atoms with van der Waals surface area (Å²) in [6.45, 7) is 7.30. The summed E-state index contributed by atoms with van der Waals surface area (Å²) in [5.41, 5.74) is 5.54. The second kappa shape index (κ2) is 13.6. The minimum Gasteiger partial charge on any atom is -0.457 e. The molecule has 2 aromatic heterocycles. The number of benzene rings is 2. The fourth-order valence-corrected chi connectivity index (χ4v) is 7.06. The number of ether oxygens (including phenoxy) is 2. The van der Waals surface area contributed by atoms with Crippen LogP contribution < -0.4 is 10.5 Å². The van der Waals surface area contributed by atoms with Gasteiger partial charge in [0.1, 0.15) is 46.8 Å². The molecule has 3 aliphatic rings. The Labute approximate surface area is 292 Å². The normalized spacial score (nSPS) is 20.6. The van der Waals surface area contributed by atoms with Gasteiger partial charge in [0, 0.05) is 56.3 Å². The predicted molar refractivity (Wildman–Crippen MR) is 182 cm³/mol. The van der Waals surface area contributed by atoms with Crippen molar-refractivity contribution in [2.24, 2.45) is 0 Å². The van der Waals surface area contributed by atoms with Crippen LogP contribution in [-0.2, 0) is 9.53 Å². The number of piperidine rings is 1. The average molecular weight is 702 g/mol. The number of aromatic nitrogens is 4. The quantitative estimate of drug-likeness (QED) is 0.204. The molecule has 0 bridgehead atoms. The molecule has 51 heavy (non-hydrogen) atoms. The number of para-hydroxylation sites is 1. The average Bonchev–Trinajstić information content (AvgIpc) is 3.47. The molecule has 266 valence electrons. The molecule has 12 nitrogen and oxygen atoms in total. The Bertz CT molecular complexity index is 2000. The van der Waals surface area contributed by atoms with E-state index in [1.54, 1.807) is 36.4 Å². The van der Waals surface area contributed by atoms with Gasteiger partial charge in [-0.3, -0.25) is 14.6 Å². The summed E-state index contributed by atoms with van der Waals surface area (Å²) in [5.74, 6) is -4.06. The van der Waals surface area contributed by atoms with E-state index < -0.39 is 42.2 Å². The molecule has 2 aromatic carbocycles. The Kier molecular flexibility index (Phi) is 9.17. The fraction of sp³-hybridized carbons (Fsp3) is 0.417. The van der Waals surface area contributed by atoms with Crippen molar-refractivity contribution in [2.75, 3.05) is 58.2 Å². The lowest BCUT2D eigenvalue weighted by Crippen LogP contribution is -2.59. The molecular weight excluding hydrogens is 663 g/mol. The van der Waals surface area contributed by atoms with Crippen molar-refractivity contribution in [2.45, 2.75) is 43.8 Å². The highest BCUT2D eigenvalue weighted by Crippen LogP contribution is 2.39. The summed E-state index contributed by atoms with van der Waals surface area (Å²) in [6.07, 6.45) is 2.08. The number of likely N-dealkylation sites (tertiary alicyclic amines) is 1. The first-order valence-corrected chi connectivity index (χ1v) is 16.8. The highest BCUT2D eigenvalue weighted by molar-refractivity contribution is 5.99. The summed E-state index contributed by atoms with van der Waals surface area (Å²) in [7, 11) is 0. The Morgan fingerprint density at radius 1 is 1.08 bits per heavy atom. The number of carbonyl (C=O) groups excluding carboxylic acids is 1. The minimum absolute atomic E-state index is 0.0143. The van der Waals surface area contributed by atoms with Gasteiger partial charge in [-0.2, -0.15) is 10.4 Å². The van der Waals surface area contributed by atoms with Crippen LogP contribution >= 0.6 is 0 Å². The number of nitrogens with zero attached hydrogens (tertiary/aromatic N) is 8.